The number of oxime groups is 1. The normalized spacial score (nSPS) is 18.1. The first-order valence-corrected chi connectivity index (χ1v) is 11.5. The van der Waals surface area contributed by atoms with E-state index in [1.807, 2.05) is 0 Å². The van der Waals surface area contributed by atoms with Gasteiger partial charge in [-0.1, -0.05) is 5.16 Å². The second-order valence-corrected chi connectivity index (χ2v) is 9.27. The molecule has 0 radical (unpaired) electrons. The summed E-state index contributed by atoms with van der Waals surface area (Å²) in [6.07, 6.45) is 5.75. The van der Waals surface area contributed by atoms with Crippen LogP contribution in [0.1, 0.15) is 39.5 Å². The van der Waals surface area contributed by atoms with Crippen molar-refractivity contribution >= 4 is 36.2 Å². The summed E-state index contributed by atoms with van der Waals surface area (Å²) in [5.41, 5.74) is 7.65. The van der Waals surface area contributed by atoms with Crippen molar-refractivity contribution in [3.8, 4) is 0 Å². The third kappa shape index (κ3) is 5.53. The molecule has 1 aliphatic carbocycles. The molecule has 164 valence electrons. The number of nitrogens with one attached hydrogen (secondary N) is 1. The lowest BCUT2D eigenvalue weighted by atomic mass is 10.3. The van der Waals surface area contributed by atoms with Crippen LogP contribution in [0.3, 0.4) is 0 Å². The van der Waals surface area contributed by atoms with Crippen LogP contribution in [0.2, 0.25) is 0 Å². The van der Waals surface area contributed by atoms with Gasteiger partial charge in [-0.15, -0.1) is 0 Å². The number of imidazole rings is 1. The van der Waals surface area contributed by atoms with Crippen molar-refractivity contribution in [3.05, 3.63) is 12.7 Å². The molecule has 13 heteroatoms. The fourth-order valence-corrected chi connectivity index (χ4v) is 4.59. The van der Waals surface area contributed by atoms with Crippen LogP contribution in [0.4, 0.5) is 5.82 Å². The number of aliphatic carboxylic acids is 1. The molecule has 1 saturated carbocycles. The van der Waals surface area contributed by atoms with E-state index in [-0.39, 0.29) is 12.2 Å². The summed E-state index contributed by atoms with van der Waals surface area (Å²) < 4.78 is 25.9. The topological polar surface area (TPSA) is 167 Å². The molecule has 1 unspecified atom stereocenters. The molecule has 4 N–H and O–H groups in total. The van der Waals surface area contributed by atoms with Crippen LogP contribution in [0.25, 0.3) is 11.2 Å². The van der Waals surface area contributed by atoms with Crippen molar-refractivity contribution < 1.29 is 23.8 Å². The molecule has 1 aliphatic rings. The smallest absolute Gasteiger partial charge is 0.364 e. The van der Waals surface area contributed by atoms with Crippen LogP contribution in [0, 0.1) is 0 Å². The van der Waals surface area contributed by atoms with Gasteiger partial charge in [-0.25, -0.2) is 20.0 Å². The van der Waals surface area contributed by atoms with E-state index >= 15 is 0 Å². The highest BCUT2D eigenvalue weighted by Crippen LogP contribution is 2.44. The minimum atomic E-state index is -3.69. The van der Waals surface area contributed by atoms with Gasteiger partial charge < -0.3 is 24.8 Å². The summed E-state index contributed by atoms with van der Waals surface area (Å²) in [7, 11) is -3.69. The van der Waals surface area contributed by atoms with E-state index in [0.717, 1.165) is 31.4 Å². The molecule has 12 nitrogen and oxygen atoms in total. The van der Waals surface area contributed by atoms with Gasteiger partial charge >= 0.3 is 13.5 Å². The average molecular weight is 439 g/mol. The van der Waals surface area contributed by atoms with E-state index < -0.39 is 25.6 Å². The first kappa shape index (κ1) is 22.1. The summed E-state index contributed by atoms with van der Waals surface area (Å²) in [6.45, 7) is 3.52. The monoisotopic (exact) mass is 439 g/mol. The van der Waals surface area contributed by atoms with Crippen molar-refractivity contribution in [2.75, 3.05) is 12.1 Å². The average Bonchev–Trinajstić information content (AvgIpc) is 3.36. The Kier molecular flexibility index (Phi) is 7.01. The Morgan fingerprint density at radius 1 is 1.37 bits per heavy atom. The number of anilines is 1. The summed E-state index contributed by atoms with van der Waals surface area (Å²) in [4.78, 5) is 23.5. The van der Waals surface area contributed by atoms with Gasteiger partial charge in [0.05, 0.1) is 24.7 Å². The van der Waals surface area contributed by atoms with E-state index in [0.29, 0.717) is 17.7 Å². The summed E-state index contributed by atoms with van der Waals surface area (Å²) >= 11 is 0. The lowest BCUT2D eigenvalue weighted by Crippen LogP contribution is -2.33. The molecule has 2 aromatic heterocycles. The molecule has 2 heterocycles. The van der Waals surface area contributed by atoms with Gasteiger partial charge in [-0.2, -0.15) is 0 Å². The van der Waals surface area contributed by atoms with Gasteiger partial charge in [0.2, 0.25) is 0 Å². The minimum absolute atomic E-state index is 0.281. The fraction of sp³-hybridized carbons (Fsp3) is 0.588. The number of nitrogens with two attached hydrogens (primary N) is 1. The van der Waals surface area contributed by atoms with Gasteiger partial charge in [-0.3, -0.25) is 9.36 Å². The summed E-state index contributed by atoms with van der Waals surface area (Å²) in [5.74, 6) is -0.870. The van der Waals surface area contributed by atoms with Crippen LogP contribution in [-0.4, -0.2) is 54.8 Å². The Hall–Kier alpha value is -2.56. The number of hydrogen-bond acceptors (Lipinski definition) is 9. The largest absolute Gasteiger partial charge is 0.480 e. The maximum atomic E-state index is 13.2. The molecule has 0 aromatic carbocycles. The Balaban J connectivity index is 1.65. The molecule has 30 heavy (non-hydrogen) atoms. The van der Waals surface area contributed by atoms with Crippen LogP contribution in [0.5, 0.6) is 0 Å². The van der Waals surface area contributed by atoms with Gasteiger partial charge in [0, 0.05) is 0 Å². The van der Waals surface area contributed by atoms with Gasteiger partial charge in [-0.05, 0) is 39.5 Å². The molecular weight excluding hydrogens is 413 g/mol. The molecule has 0 aliphatic heterocycles. The Morgan fingerprint density at radius 3 is 2.80 bits per heavy atom. The number of carboxylic acids is 1. The lowest BCUT2D eigenvalue weighted by Gasteiger charge is -2.22. The molecule has 3 rings (SSSR count). The zero-order valence-electron chi connectivity index (χ0n) is 16.9. The van der Waals surface area contributed by atoms with Crippen molar-refractivity contribution in [2.45, 2.75) is 58.2 Å². The number of fused-ring (bicyclic) bond motifs is 1. The molecule has 3 atom stereocenters. The number of nitrogens with zero attached hydrogens (tertiary/aromatic N) is 5. The van der Waals surface area contributed by atoms with Gasteiger partial charge in [0.1, 0.15) is 24.2 Å². The number of carboxylic acid groups (broad SMARTS) is 1. The van der Waals surface area contributed by atoms with E-state index in [9.17, 15) is 9.36 Å². The Labute approximate surface area is 173 Å². The first-order valence-electron chi connectivity index (χ1n) is 9.64. The van der Waals surface area contributed by atoms with Crippen molar-refractivity contribution in [3.63, 3.8) is 0 Å². The maximum absolute atomic E-state index is 13.2. The predicted molar refractivity (Wildman–Crippen MR) is 110 cm³/mol. The predicted octanol–water partition coefficient (Wildman–Crippen LogP) is 1.97. The highest BCUT2D eigenvalue weighted by atomic mass is 31.2. The second kappa shape index (κ2) is 9.50. The fourth-order valence-electron chi connectivity index (χ4n) is 3.02. The SMILES string of the molecule is C[C@H](NP(=O)(CO[C@@H](C)Cn1cnc2c(N)ncnc21)ON=C1CCCC1)C(=O)O. The van der Waals surface area contributed by atoms with E-state index in [4.69, 9.17) is 20.2 Å². The van der Waals surface area contributed by atoms with E-state index in [1.165, 1.54) is 13.3 Å². The van der Waals surface area contributed by atoms with Gasteiger partial charge in [0.25, 0.3) is 0 Å². The van der Waals surface area contributed by atoms with E-state index in [1.54, 1.807) is 17.8 Å². The number of aromatic nitrogens is 4. The number of nitrogen functional groups attached to an aromatic ring is 1. The number of rotatable bonds is 10. The highest BCUT2D eigenvalue weighted by molar-refractivity contribution is 7.56. The molecular formula is C17H26N7O5P. The Bertz CT molecular complexity index is 971. The molecule has 0 spiro atoms. The van der Waals surface area contributed by atoms with Gasteiger partial charge in [0.15, 0.2) is 11.5 Å². The lowest BCUT2D eigenvalue weighted by molar-refractivity contribution is -0.138. The number of hydrogen-bond donors (Lipinski definition) is 3. The van der Waals surface area contributed by atoms with E-state index in [2.05, 4.69) is 25.2 Å². The molecule has 0 amide bonds. The molecule has 0 saturated heterocycles. The highest BCUT2D eigenvalue weighted by Gasteiger charge is 2.31. The van der Waals surface area contributed by atoms with Crippen LogP contribution in [0.15, 0.2) is 17.8 Å². The summed E-state index contributed by atoms with van der Waals surface area (Å²) in [5, 5.41) is 15.6. The first-order chi connectivity index (χ1) is 14.3. The summed E-state index contributed by atoms with van der Waals surface area (Å²) in [6, 6.07) is -1.09. The minimum Gasteiger partial charge on any atom is -0.480 e. The standard InChI is InChI=1S/C17H26N7O5P/c1-11(7-24-9-21-14-15(18)19-8-20-16(14)24)28-10-30(27,23-12(2)17(25)26)29-22-13-5-3-4-6-13/h8-9,11-12H,3-7,10H2,1-2H3,(H,23,27)(H,25,26)(H2,18,19,20)/t11-,12-,30?/m0/s1. The zero-order chi connectivity index (χ0) is 21.7. The molecule has 0 bridgehead atoms. The number of carbonyl (C=O) groups is 1. The van der Waals surface area contributed by atoms with Crippen molar-refractivity contribution in [1.29, 1.82) is 0 Å². The third-order valence-corrected chi connectivity index (χ3v) is 6.27. The van der Waals surface area contributed by atoms with Crippen LogP contribution in [-0.2, 0) is 25.3 Å². The van der Waals surface area contributed by atoms with Crippen molar-refractivity contribution in [2.24, 2.45) is 5.16 Å². The van der Waals surface area contributed by atoms with Crippen LogP contribution < -0.4 is 10.8 Å². The molecule has 2 aromatic rings. The van der Waals surface area contributed by atoms with Crippen molar-refractivity contribution in [1.82, 2.24) is 24.6 Å². The second-order valence-electron chi connectivity index (χ2n) is 7.24. The number of ether oxygens (including phenoxy) is 1. The maximum Gasteiger partial charge on any atom is 0.364 e. The van der Waals surface area contributed by atoms with Crippen LogP contribution >= 0.6 is 7.52 Å². The Morgan fingerprint density at radius 2 is 2.10 bits per heavy atom. The molecule has 1 fully saturated rings. The zero-order valence-corrected chi connectivity index (χ0v) is 17.8. The quantitative estimate of drug-likeness (QED) is 0.368. The third-order valence-electron chi connectivity index (χ3n) is 4.66.